The maximum atomic E-state index is 13.2. The zero-order valence-corrected chi connectivity index (χ0v) is 11.2. The van der Waals surface area contributed by atoms with Crippen LogP contribution in [0.1, 0.15) is 5.56 Å². The highest BCUT2D eigenvalue weighted by atomic mass is 32.2. The predicted molar refractivity (Wildman–Crippen MR) is 70.5 cm³/mol. The summed E-state index contributed by atoms with van der Waals surface area (Å²) in [5.74, 6) is 0.886. The third-order valence-corrected chi connectivity index (χ3v) is 3.41. The second kappa shape index (κ2) is 6.33. The van der Waals surface area contributed by atoms with Gasteiger partial charge in [0.25, 0.3) is 0 Å². The zero-order chi connectivity index (χ0) is 13.7. The average molecular weight is 280 g/mol. The number of aromatic nitrogens is 4. The number of hydrogen-bond donors (Lipinski definition) is 0. The average Bonchev–Trinajstić information content (AvgIpc) is 2.84. The molecule has 0 bridgehead atoms. The van der Waals surface area contributed by atoms with Crippen molar-refractivity contribution in [3.05, 3.63) is 42.2 Å². The molecule has 2 aromatic rings. The van der Waals surface area contributed by atoms with Gasteiger partial charge in [0.2, 0.25) is 5.16 Å². The van der Waals surface area contributed by atoms with E-state index in [9.17, 15) is 4.39 Å². The van der Waals surface area contributed by atoms with Crippen LogP contribution in [0.3, 0.4) is 0 Å². The lowest BCUT2D eigenvalue weighted by Gasteiger charge is -2.07. The van der Waals surface area contributed by atoms with Crippen LogP contribution in [-0.2, 0) is 12.3 Å². The van der Waals surface area contributed by atoms with Crippen LogP contribution in [0.2, 0.25) is 0 Å². The first kappa shape index (κ1) is 13.5. The van der Waals surface area contributed by atoms with Crippen LogP contribution in [-0.4, -0.2) is 27.3 Å². The minimum atomic E-state index is -0.290. The summed E-state index contributed by atoms with van der Waals surface area (Å²) in [7, 11) is 1.56. The highest BCUT2D eigenvalue weighted by Gasteiger charge is 2.09. The quantitative estimate of drug-likeness (QED) is 0.600. The number of benzene rings is 1. The number of nitrogens with zero attached hydrogens (tertiary/aromatic N) is 4. The van der Waals surface area contributed by atoms with Crippen LogP contribution < -0.4 is 4.74 Å². The maximum absolute atomic E-state index is 13.2. The van der Waals surface area contributed by atoms with E-state index in [2.05, 4.69) is 22.1 Å². The van der Waals surface area contributed by atoms with Gasteiger partial charge in [-0.3, -0.25) is 0 Å². The summed E-state index contributed by atoms with van der Waals surface area (Å²) >= 11 is 1.42. The normalized spacial score (nSPS) is 10.4. The van der Waals surface area contributed by atoms with E-state index >= 15 is 0 Å². The van der Waals surface area contributed by atoms with Gasteiger partial charge < -0.3 is 4.74 Å². The molecule has 0 atom stereocenters. The summed E-state index contributed by atoms with van der Waals surface area (Å²) in [6, 6.07) is 4.43. The van der Waals surface area contributed by atoms with Crippen molar-refractivity contribution in [2.45, 2.75) is 17.5 Å². The summed E-state index contributed by atoms with van der Waals surface area (Å²) in [5, 5.41) is 12.0. The van der Waals surface area contributed by atoms with Crippen LogP contribution in [0.4, 0.5) is 4.39 Å². The van der Waals surface area contributed by atoms with Crippen LogP contribution in [0, 0.1) is 5.82 Å². The standard InChI is InChI=1S/C12H13FN4OS/c1-3-6-17-12(14-15-16-17)19-8-9-7-10(13)4-5-11(9)18-2/h3-5,7H,1,6,8H2,2H3. The SMILES string of the molecule is C=CCn1nnnc1SCc1cc(F)ccc1OC. The Hall–Kier alpha value is -1.89. The Bertz CT molecular complexity index is 573. The molecule has 0 radical (unpaired) electrons. The Labute approximate surface area is 114 Å². The molecule has 2 rings (SSSR count). The first-order valence-electron chi connectivity index (χ1n) is 5.57. The monoisotopic (exact) mass is 280 g/mol. The van der Waals surface area contributed by atoms with Crippen molar-refractivity contribution in [3.63, 3.8) is 0 Å². The van der Waals surface area contributed by atoms with E-state index in [4.69, 9.17) is 4.74 Å². The Morgan fingerprint density at radius 3 is 3.11 bits per heavy atom. The molecule has 0 N–H and O–H groups in total. The van der Waals surface area contributed by atoms with Gasteiger partial charge in [0, 0.05) is 11.3 Å². The topological polar surface area (TPSA) is 52.8 Å². The van der Waals surface area contributed by atoms with Crippen molar-refractivity contribution in [1.82, 2.24) is 20.2 Å². The van der Waals surface area contributed by atoms with Crippen molar-refractivity contribution in [3.8, 4) is 5.75 Å². The largest absolute Gasteiger partial charge is 0.496 e. The molecule has 0 amide bonds. The summed E-state index contributed by atoms with van der Waals surface area (Å²) in [6.07, 6.45) is 1.71. The number of halogens is 1. The fraction of sp³-hybridized carbons (Fsp3) is 0.250. The van der Waals surface area contributed by atoms with E-state index in [-0.39, 0.29) is 5.82 Å². The molecule has 1 heterocycles. The molecule has 0 saturated carbocycles. The minimum Gasteiger partial charge on any atom is -0.496 e. The van der Waals surface area contributed by atoms with Crippen LogP contribution >= 0.6 is 11.8 Å². The third-order valence-electron chi connectivity index (χ3n) is 2.40. The second-order valence-electron chi connectivity index (χ2n) is 3.68. The number of tetrazole rings is 1. The van der Waals surface area contributed by atoms with Gasteiger partial charge in [-0.25, -0.2) is 9.07 Å². The van der Waals surface area contributed by atoms with Gasteiger partial charge in [-0.2, -0.15) is 0 Å². The molecule has 0 saturated heterocycles. The molecule has 0 aliphatic heterocycles. The fourth-order valence-corrected chi connectivity index (χ4v) is 2.40. The van der Waals surface area contributed by atoms with E-state index in [0.29, 0.717) is 23.2 Å². The molecule has 1 aromatic heterocycles. The Kier molecular flexibility index (Phi) is 4.51. The molecule has 0 fully saturated rings. The van der Waals surface area contributed by atoms with E-state index < -0.39 is 0 Å². The van der Waals surface area contributed by atoms with E-state index in [1.54, 1.807) is 23.9 Å². The summed E-state index contributed by atoms with van der Waals surface area (Å²) in [6.45, 7) is 4.18. The number of ether oxygens (including phenoxy) is 1. The van der Waals surface area contributed by atoms with E-state index in [1.807, 2.05) is 0 Å². The predicted octanol–water partition coefficient (Wildman–Crippen LogP) is 2.30. The molecule has 0 aliphatic rings. The molecular weight excluding hydrogens is 267 g/mol. The number of thioether (sulfide) groups is 1. The van der Waals surface area contributed by atoms with Gasteiger partial charge in [-0.1, -0.05) is 17.8 Å². The molecule has 0 aliphatic carbocycles. The molecule has 0 unspecified atom stereocenters. The molecule has 19 heavy (non-hydrogen) atoms. The first-order chi connectivity index (χ1) is 9.24. The van der Waals surface area contributed by atoms with Crippen molar-refractivity contribution >= 4 is 11.8 Å². The van der Waals surface area contributed by atoms with E-state index in [0.717, 1.165) is 5.56 Å². The summed E-state index contributed by atoms with van der Waals surface area (Å²) < 4.78 is 20.0. The second-order valence-corrected chi connectivity index (χ2v) is 4.62. The van der Waals surface area contributed by atoms with Gasteiger partial charge >= 0.3 is 0 Å². The summed E-state index contributed by atoms with van der Waals surface area (Å²) in [4.78, 5) is 0. The zero-order valence-electron chi connectivity index (χ0n) is 10.4. The summed E-state index contributed by atoms with van der Waals surface area (Å²) in [5.41, 5.74) is 0.764. The lowest BCUT2D eigenvalue weighted by atomic mass is 10.2. The van der Waals surface area contributed by atoms with Crippen molar-refractivity contribution in [1.29, 1.82) is 0 Å². The first-order valence-corrected chi connectivity index (χ1v) is 6.55. The molecule has 100 valence electrons. The van der Waals surface area contributed by atoms with Gasteiger partial charge in [0.1, 0.15) is 11.6 Å². The lowest BCUT2D eigenvalue weighted by molar-refractivity contribution is 0.410. The Morgan fingerprint density at radius 1 is 1.53 bits per heavy atom. The van der Waals surface area contributed by atoms with Crippen LogP contribution in [0.25, 0.3) is 0 Å². The molecule has 5 nitrogen and oxygen atoms in total. The Balaban J connectivity index is 2.11. The third kappa shape index (κ3) is 3.31. The number of rotatable bonds is 6. The van der Waals surface area contributed by atoms with Crippen LogP contribution in [0.15, 0.2) is 36.0 Å². The van der Waals surface area contributed by atoms with Gasteiger partial charge in [-0.15, -0.1) is 11.7 Å². The lowest BCUT2D eigenvalue weighted by Crippen LogP contribution is -2.00. The smallest absolute Gasteiger partial charge is 0.209 e. The minimum absolute atomic E-state index is 0.290. The molecular formula is C12H13FN4OS. The number of methoxy groups -OCH3 is 1. The van der Waals surface area contributed by atoms with Crippen molar-refractivity contribution in [2.75, 3.05) is 7.11 Å². The molecule has 1 aromatic carbocycles. The van der Waals surface area contributed by atoms with Crippen molar-refractivity contribution in [2.24, 2.45) is 0 Å². The molecule has 0 spiro atoms. The van der Waals surface area contributed by atoms with Gasteiger partial charge in [-0.05, 0) is 28.6 Å². The maximum Gasteiger partial charge on any atom is 0.209 e. The van der Waals surface area contributed by atoms with E-state index in [1.165, 1.54) is 23.9 Å². The number of allylic oxidation sites excluding steroid dienone is 1. The highest BCUT2D eigenvalue weighted by molar-refractivity contribution is 7.98. The highest BCUT2D eigenvalue weighted by Crippen LogP contribution is 2.27. The van der Waals surface area contributed by atoms with Crippen LogP contribution in [0.5, 0.6) is 5.75 Å². The molecule has 7 heteroatoms. The van der Waals surface area contributed by atoms with Gasteiger partial charge in [0.15, 0.2) is 0 Å². The van der Waals surface area contributed by atoms with Crippen molar-refractivity contribution < 1.29 is 9.13 Å². The number of hydrogen-bond acceptors (Lipinski definition) is 5. The Morgan fingerprint density at radius 2 is 2.37 bits per heavy atom. The van der Waals surface area contributed by atoms with Gasteiger partial charge in [0.05, 0.1) is 13.7 Å². The fourth-order valence-electron chi connectivity index (χ4n) is 1.54.